The largest absolute Gasteiger partial charge is 0.353 e. The molecule has 8 nitrogen and oxygen atoms in total. The Hall–Kier alpha value is -2.29. The van der Waals surface area contributed by atoms with E-state index >= 15 is 0 Å². The molecule has 3 atom stereocenters. The van der Waals surface area contributed by atoms with E-state index in [9.17, 15) is 9.59 Å². The van der Waals surface area contributed by atoms with Crippen LogP contribution in [0.15, 0.2) is 18.7 Å². The van der Waals surface area contributed by atoms with Crippen molar-refractivity contribution in [3.8, 4) is 0 Å². The number of nitrogens with zero attached hydrogens (tertiary/aromatic N) is 4. The van der Waals surface area contributed by atoms with Gasteiger partial charge >= 0.3 is 0 Å². The summed E-state index contributed by atoms with van der Waals surface area (Å²) in [5.74, 6) is -0.673. The van der Waals surface area contributed by atoms with Crippen LogP contribution in [0.25, 0.3) is 0 Å². The quantitative estimate of drug-likeness (QED) is 0.746. The standard InChI is InChI=1S/C16H24N6O2S/c1-5-14-20-21-16(25-14)19-15(24)11(3)12(4)18-13(23)8-10(2)22-7-6-17-9-22/h6-7,9-12H,5,8H2,1-4H3,(H,18,23)(H,19,21,24). The third kappa shape index (κ3) is 5.35. The van der Waals surface area contributed by atoms with Crippen LogP contribution in [-0.4, -0.2) is 37.6 Å². The number of rotatable bonds is 8. The molecule has 0 aromatic carbocycles. The molecule has 2 heterocycles. The van der Waals surface area contributed by atoms with Gasteiger partial charge in [0.25, 0.3) is 0 Å². The molecule has 136 valence electrons. The van der Waals surface area contributed by atoms with Gasteiger partial charge in [-0.15, -0.1) is 10.2 Å². The number of carbonyl (C=O) groups excluding carboxylic acids is 2. The summed E-state index contributed by atoms with van der Waals surface area (Å²) in [6, 6.07) is -0.284. The normalized spacial score (nSPS) is 14.6. The highest BCUT2D eigenvalue weighted by molar-refractivity contribution is 7.15. The molecule has 25 heavy (non-hydrogen) atoms. The van der Waals surface area contributed by atoms with E-state index in [1.54, 1.807) is 19.4 Å². The van der Waals surface area contributed by atoms with Crippen LogP contribution in [-0.2, 0) is 16.0 Å². The number of hydrogen-bond acceptors (Lipinski definition) is 6. The number of nitrogens with one attached hydrogen (secondary N) is 2. The van der Waals surface area contributed by atoms with Gasteiger partial charge in [0.2, 0.25) is 16.9 Å². The highest BCUT2D eigenvalue weighted by Gasteiger charge is 2.23. The first-order valence-electron chi connectivity index (χ1n) is 8.30. The Kier molecular flexibility index (Phi) is 6.63. The summed E-state index contributed by atoms with van der Waals surface area (Å²) in [7, 11) is 0. The summed E-state index contributed by atoms with van der Waals surface area (Å²) in [4.78, 5) is 28.5. The van der Waals surface area contributed by atoms with Crippen molar-refractivity contribution in [2.45, 2.75) is 52.6 Å². The molecular formula is C16H24N6O2S. The van der Waals surface area contributed by atoms with Crippen LogP contribution in [0.3, 0.4) is 0 Å². The van der Waals surface area contributed by atoms with E-state index in [2.05, 4.69) is 25.8 Å². The van der Waals surface area contributed by atoms with Crippen molar-refractivity contribution in [2.24, 2.45) is 5.92 Å². The smallest absolute Gasteiger partial charge is 0.231 e. The van der Waals surface area contributed by atoms with Crippen molar-refractivity contribution < 1.29 is 9.59 Å². The van der Waals surface area contributed by atoms with Crippen molar-refractivity contribution >= 4 is 28.3 Å². The van der Waals surface area contributed by atoms with Crippen LogP contribution in [0, 0.1) is 5.92 Å². The summed E-state index contributed by atoms with van der Waals surface area (Å²) < 4.78 is 1.88. The predicted octanol–water partition coefficient (Wildman–Crippen LogP) is 2.03. The van der Waals surface area contributed by atoms with Gasteiger partial charge < -0.3 is 15.2 Å². The first kappa shape index (κ1) is 19.0. The second kappa shape index (κ2) is 8.70. The number of carbonyl (C=O) groups is 2. The van der Waals surface area contributed by atoms with Crippen molar-refractivity contribution in [3.05, 3.63) is 23.7 Å². The van der Waals surface area contributed by atoms with Crippen LogP contribution in [0.4, 0.5) is 5.13 Å². The molecule has 9 heteroatoms. The van der Waals surface area contributed by atoms with Crippen LogP contribution in [0.5, 0.6) is 0 Å². The zero-order valence-electron chi connectivity index (χ0n) is 14.9. The molecular weight excluding hydrogens is 340 g/mol. The predicted molar refractivity (Wildman–Crippen MR) is 96.2 cm³/mol. The lowest BCUT2D eigenvalue weighted by molar-refractivity contribution is -0.124. The first-order chi connectivity index (χ1) is 11.9. The first-order valence-corrected chi connectivity index (χ1v) is 9.12. The second-order valence-electron chi connectivity index (χ2n) is 6.05. The van der Waals surface area contributed by atoms with E-state index in [1.807, 2.05) is 31.5 Å². The third-order valence-corrected chi connectivity index (χ3v) is 5.05. The number of anilines is 1. The minimum Gasteiger partial charge on any atom is -0.353 e. The Morgan fingerprint density at radius 1 is 1.28 bits per heavy atom. The molecule has 0 fully saturated rings. The van der Waals surface area contributed by atoms with Crippen molar-refractivity contribution in [1.29, 1.82) is 0 Å². The van der Waals surface area contributed by atoms with E-state index < -0.39 is 0 Å². The molecule has 2 N–H and O–H groups in total. The molecule has 2 aromatic rings. The van der Waals surface area contributed by atoms with Crippen molar-refractivity contribution in [2.75, 3.05) is 5.32 Å². The highest BCUT2D eigenvalue weighted by atomic mass is 32.1. The summed E-state index contributed by atoms with van der Waals surface area (Å²) in [5, 5.41) is 14.9. The second-order valence-corrected chi connectivity index (χ2v) is 7.11. The lowest BCUT2D eigenvalue weighted by Crippen LogP contribution is -2.42. The van der Waals surface area contributed by atoms with Gasteiger partial charge in [-0.25, -0.2) is 4.98 Å². The van der Waals surface area contributed by atoms with Gasteiger partial charge in [0.15, 0.2) is 0 Å². The van der Waals surface area contributed by atoms with E-state index in [1.165, 1.54) is 11.3 Å². The Morgan fingerprint density at radius 3 is 2.64 bits per heavy atom. The van der Waals surface area contributed by atoms with Crippen molar-refractivity contribution in [3.63, 3.8) is 0 Å². The zero-order valence-corrected chi connectivity index (χ0v) is 15.7. The fourth-order valence-corrected chi connectivity index (χ4v) is 2.92. The average Bonchev–Trinajstić information content (AvgIpc) is 3.25. The maximum absolute atomic E-state index is 12.3. The Bertz CT molecular complexity index is 699. The molecule has 0 spiro atoms. The molecule has 0 radical (unpaired) electrons. The van der Waals surface area contributed by atoms with E-state index in [4.69, 9.17) is 0 Å². The molecule has 0 aliphatic heterocycles. The van der Waals surface area contributed by atoms with Gasteiger partial charge in [0.05, 0.1) is 12.2 Å². The Labute approximate surface area is 151 Å². The Morgan fingerprint density at radius 2 is 2.04 bits per heavy atom. The molecule has 3 unspecified atom stereocenters. The maximum Gasteiger partial charge on any atom is 0.231 e. The molecule has 2 amide bonds. The SMILES string of the molecule is CCc1nnc(NC(=O)C(C)C(C)NC(=O)CC(C)n2ccnc2)s1. The number of imidazole rings is 1. The van der Waals surface area contributed by atoms with Crippen molar-refractivity contribution in [1.82, 2.24) is 25.1 Å². The lowest BCUT2D eigenvalue weighted by Gasteiger charge is -2.21. The third-order valence-electron chi connectivity index (χ3n) is 4.07. The van der Waals surface area contributed by atoms with Gasteiger partial charge in [0, 0.05) is 30.9 Å². The lowest BCUT2D eigenvalue weighted by atomic mass is 10.0. The highest BCUT2D eigenvalue weighted by Crippen LogP contribution is 2.17. The minimum atomic E-state index is -0.388. The van der Waals surface area contributed by atoms with Gasteiger partial charge in [-0.05, 0) is 20.3 Å². The molecule has 0 saturated carbocycles. The minimum absolute atomic E-state index is 0.00712. The fraction of sp³-hybridized carbons (Fsp3) is 0.562. The monoisotopic (exact) mass is 364 g/mol. The number of hydrogen-bond donors (Lipinski definition) is 2. The number of amides is 2. The van der Waals surface area contributed by atoms with Gasteiger partial charge in [-0.3, -0.25) is 9.59 Å². The molecule has 0 aliphatic rings. The molecule has 2 rings (SSSR count). The van der Waals surface area contributed by atoms with E-state index in [0.29, 0.717) is 11.6 Å². The number of aromatic nitrogens is 4. The maximum atomic E-state index is 12.3. The molecule has 0 aliphatic carbocycles. The molecule has 0 saturated heterocycles. The van der Waals surface area contributed by atoms with Gasteiger partial charge in [-0.2, -0.15) is 0 Å². The van der Waals surface area contributed by atoms with Crippen LogP contribution < -0.4 is 10.6 Å². The van der Waals surface area contributed by atoms with Crippen LogP contribution in [0.1, 0.15) is 45.2 Å². The summed E-state index contributed by atoms with van der Waals surface area (Å²) in [5.41, 5.74) is 0. The van der Waals surface area contributed by atoms with Gasteiger partial charge in [0.1, 0.15) is 5.01 Å². The zero-order chi connectivity index (χ0) is 18.4. The van der Waals surface area contributed by atoms with Gasteiger partial charge in [-0.1, -0.05) is 25.2 Å². The van der Waals surface area contributed by atoms with Crippen LogP contribution in [0.2, 0.25) is 0 Å². The summed E-state index contributed by atoms with van der Waals surface area (Å²) in [6.45, 7) is 7.53. The topological polar surface area (TPSA) is 102 Å². The number of aryl methyl sites for hydroxylation is 1. The van der Waals surface area contributed by atoms with E-state index in [-0.39, 0.29) is 29.8 Å². The average molecular weight is 364 g/mol. The van der Waals surface area contributed by atoms with E-state index in [0.717, 1.165) is 11.4 Å². The fourth-order valence-electron chi connectivity index (χ4n) is 2.24. The van der Waals surface area contributed by atoms with Crippen LogP contribution >= 0.6 is 11.3 Å². The summed E-state index contributed by atoms with van der Waals surface area (Å²) >= 11 is 1.36. The molecule has 0 bridgehead atoms. The Balaban J connectivity index is 1.82. The molecule has 2 aromatic heterocycles. The summed E-state index contributed by atoms with van der Waals surface area (Å²) in [6.07, 6.45) is 6.30.